The van der Waals surface area contributed by atoms with E-state index in [2.05, 4.69) is 9.62 Å². The molecule has 0 saturated heterocycles. The summed E-state index contributed by atoms with van der Waals surface area (Å²) in [5.41, 5.74) is 0.328. The van der Waals surface area contributed by atoms with Crippen LogP contribution in [0, 0.1) is 0 Å². The van der Waals surface area contributed by atoms with Gasteiger partial charge in [0.15, 0.2) is 5.78 Å². The summed E-state index contributed by atoms with van der Waals surface area (Å²) in [4.78, 5) is 13.6. The molecule has 1 saturated carbocycles. The van der Waals surface area contributed by atoms with E-state index in [4.69, 9.17) is 0 Å². The summed E-state index contributed by atoms with van der Waals surface area (Å²) in [7, 11) is 0.364. The zero-order valence-electron chi connectivity index (χ0n) is 12.7. The maximum atomic E-state index is 12.4. The maximum absolute atomic E-state index is 12.4. The molecule has 1 fully saturated rings. The van der Waals surface area contributed by atoms with E-state index in [0.717, 1.165) is 19.3 Å². The molecule has 5 nitrogen and oxygen atoms in total. The molecular formula is C15H22N2O3S. The number of nitrogens with one attached hydrogen (secondary N) is 1. The average molecular weight is 310 g/mol. The maximum Gasteiger partial charge on any atom is 0.240 e. The molecule has 0 bridgehead atoms. The fraction of sp³-hybridized carbons (Fsp3) is 0.533. The van der Waals surface area contributed by atoms with Gasteiger partial charge in [-0.05, 0) is 52.4 Å². The predicted octanol–water partition coefficient (Wildman–Crippen LogP) is 1.65. The monoisotopic (exact) mass is 310 g/mol. The second-order valence-corrected chi connectivity index (χ2v) is 7.65. The van der Waals surface area contributed by atoms with E-state index in [9.17, 15) is 13.2 Å². The summed E-state index contributed by atoms with van der Waals surface area (Å²) >= 11 is 0. The van der Waals surface area contributed by atoms with Crippen molar-refractivity contribution < 1.29 is 13.2 Å². The lowest BCUT2D eigenvalue weighted by Gasteiger charge is -2.47. The van der Waals surface area contributed by atoms with E-state index in [1.165, 1.54) is 19.1 Å². The number of Topliss-reactive ketones (excluding diaryl/α,β-unsaturated/α-hetero) is 1. The van der Waals surface area contributed by atoms with Crippen molar-refractivity contribution in [3.8, 4) is 0 Å². The third kappa shape index (κ3) is 3.33. The summed E-state index contributed by atoms with van der Waals surface area (Å²) in [5, 5.41) is 0. The number of carbonyl (C=O) groups is 1. The molecule has 0 amide bonds. The average Bonchev–Trinajstić information content (AvgIpc) is 2.37. The number of benzene rings is 1. The molecule has 21 heavy (non-hydrogen) atoms. The molecule has 1 N–H and O–H groups in total. The largest absolute Gasteiger partial charge is 0.302 e. The molecule has 6 heteroatoms. The van der Waals surface area contributed by atoms with Gasteiger partial charge in [-0.1, -0.05) is 12.1 Å². The van der Waals surface area contributed by atoms with Crippen molar-refractivity contribution in [2.24, 2.45) is 0 Å². The molecule has 0 spiro atoms. The van der Waals surface area contributed by atoms with Gasteiger partial charge in [-0.3, -0.25) is 4.79 Å². The first-order chi connectivity index (χ1) is 9.77. The van der Waals surface area contributed by atoms with Gasteiger partial charge in [0.1, 0.15) is 0 Å². The smallest absolute Gasteiger partial charge is 0.240 e. The number of ketones is 1. The first kappa shape index (κ1) is 16.1. The molecule has 1 aliphatic carbocycles. The lowest BCUT2D eigenvalue weighted by atomic mass is 9.76. The normalized spacial score (nSPS) is 17.5. The molecule has 0 atom stereocenters. The molecule has 2 rings (SSSR count). The van der Waals surface area contributed by atoms with Crippen LogP contribution in [0.3, 0.4) is 0 Å². The van der Waals surface area contributed by atoms with Crippen LogP contribution in [0.4, 0.5) is 0 Å². The highest BCUT2D eigenvalue weighted by Gasteiger charge is 2.39. The fourth-order valence-corrected chi connectivity index (χ4v) is 3.73. The van der Waals surface area contributed by atoms with Crippen molar-refractivity contribution in [3.05, 3.63) is 29.8 Å². The number of rotatable bonds is 6. The first-order valence-corrected chi connectivity index (χ1v) is 8.53. The van der Waals surface area contributed by atoms with E-state index in [1.807, 2.05) is 14.1 Å². The van der Waals surface area contributed by atoms with E-state index in [-0.39, 0.29) is 16.2 Å². The number of carbonyl (C=O) groups excluding carboxylic acids is 1. The summed E-state index contributed by atoms with van der Waals surface area (Å²) < 4.78 is 27.4. The Morgan fingerprint density at radius 3 is 2.48 bits per heavy atom. The summed E-state index contributed by atoms with van der Waals surface area (Å²) in [6.45, 7) is 1.82. The number of hydrogen-bond acceptors (Lipinski definition) is 4. The van der Waals surface area contributed by atoms with Crippen molar-refractivity contribution in [2.75, 3.05) is 20.6 Å². The second kappa shape index (κ2) is 5.87. The Kier molecular flexibility index (Phi) is 4.51. The fourth-order valence-electron chi connectivity index (χ4n) is 2.56. The molecule has 0 heterocycles. The molecule has 1 aromatic rings. The number of sulfonamides is 1. The number of hydrogen-bond donors (Lipinski definition) is 1. The third-order valence-corrected chi connectivity index (χ3v) is 5.77. The van der Waals surface area contributed by atoms with Gasteiger partial charge >= 0.3 is 0 Å². The summed E-state index contributed by atoms with van der Waals surface area (Å²) in [5.74, 6) is -0.143. The standard InChI is InChI=1S/C15H22N2O3S/c1-12(18)13-6-4-7-14(10-13)21(19,20)16-11-15(17(2)3)8-5-9-15/h4,6-7,10,16H,5,8-9,11H2,1-3H3. The van der Waals surface area contributed by atoms with Gasteiger partial charge in [0.05, 0.1) is 4.90 Å². The van der Waals surface area contributed by atoms with Gasteiger partial charge in [-0.2, -0.15) is 0 Å². The van der Waals surface area contributed by atoms with Gasteiger partial charge in [0.25, 0.3) is 0 Å². The number of nitrogens with zero attached hydrogens (tertiary/aromatic N) is 1. The van der Waals surface area contributed by atoms with Gasteiger partial charge in [-0.25, -0.2) is 13.1 Å². The van der Waals surface area contributed by atoms with Crippen LogP contribution in [-0.2, 0) is 10.0 Å². The Morgan fingerprint density at radius 2 is 2.00 bits per heavy atom. The van der Waals surface area contributed by atoms with Crippen LogP contribution >= 0.6 is 0 Å². The van der Waals surface area contributed by atoms with Crippen LogP contribution in [0.15, 0.2) is 29.2 Å². The topological polar surface area (TPSA) is 66.5 Å². The lowest BCUT2D eigenvalue weighted by molar-refractivity contribution is 0.0657. The Bertz CT molecular complexity index is 634. The zero-order chi connectivity index (χ0) is 15.7. The summed E-state index contributed by atoms with van der Waals surface area (Å²) in [6, 6.07) is 6.15. The van der Waals surface area contributed by atoms with E-state index >= 15 is 0 Å². The van der Waals surface area contributed by atoms with Gasteiger partial charge in [0.2, 0.25) is 10.0 Å². The van der Waals surface area contributed by atoms with Gasteiger partial charge in [0, 0.05) is 17.6 Å². The first-order valence-electron chi connectivity index (χ1n) is 7.05. The SMILES string of the molecule is CC(=O)c1cccc(S(=O)(=O)NCC2(N(C)C)CCC2)c1. The highest BCUT2D eigenvalue weighted by atomic mass is 32.2. The van der Waals surface area contributed by atoms with E-state index in [1.54, 1.807) is 12.1 Å². The Labute approximate surface area is 126 Å². The minimum Gasteiger partial charge on any atom is -0.302 e. The molecular weight excluding hydrogens is 288 g/mol. The lowest BCUT2D eigenvalue weighted by Crippen LogP contribution is -2.57. The summed E-state index contributed by atoms with van der Waals surface area (Å²) in [6.07, 6.45) is 3.12. The van der Waals surface area contributed by atoms with Crippen LogP contribution in [0.5, 0.6) is 0 Å². The molecule has 0 radical (unpaired) electrons. The molecule has 0 aliphatic heterocycles. The molecule has 0 aromatic heterocycles. The Morgan fingerprint density at radius 1 is 1.33 bits per heavy atom. The molecule has 1 aliphatic rings. The van der Waals surface area contributed by atoms with Crippen molar-refractivity contribution in [2.45, 2.75) is 36.6 Å². The third-order valence-electron chi connectivity index (χ3n) is 4.38. The van der Waals surface area contributed by atoms with Crippen LogP contribution in [0.25, 0.3) is 0 Å². The van der Waals surface area contributed by atoms with Gasteiger partial charge in [-0.15, -0.1) is 0 Å². The minimum atomic E-state index is -3.59. The molecule has 0 unspecified atom stereocenters. The van der Waals surface area contributed by atoms with Crippen molar-refractivity contribution in [1.82, 2.24) is 9.62 Å². The van der Waals surface area contributed by atoms with Crippen LogP contribution in [-0.4, -0.2) is 45.3 Å². The highest BCUT2D eigenvalue weighted by molar-refractivity contribution is 7.89. The van der Waals surface area contributed by atoms with Crippen LogP contribution < -0.4 is 4.72 Å². The van der Waals surface area contributed by atoms with E-state index in [0.29, 0.717) is 12.1 Å². The second-order valence-electron chi connectivity index (χ2n) is 5.88. The van der Waals surface area contributed by atoms with Crippen LogP contribution in [0.2, 0.25) is 0 Å². The Hall–Kier alpha value is -1.24. The molecule has 116 valence electrons. The van der Waals surface area contributed by atoms with Crippen molar-refractivity contribution in [3.63, 3.8) is 0 Å². The van der Waals surface area contributed by atoms with Crippen LogP contribution in [0.1, 0.15) is 36.5 Å². The highest BCUT2D eigenvalue weighted by Crippen LogP contribution is 2.35. The number of likely N-dealkylation sites (N-methyl/N-ethyl adjacent to an activating group) is 1. The quantitative estimate of drug-likeness (QED) is 0.811. The van der Waals surface area contributed by atoms with Gasteiger partial charge < -0.3 is 4.90 Å². The Balaban J connectivity index is 2.15. The van der Waals surface area contributed by atoms with E-state index < -0.39 is 10.0 Å². The van der Waals surface area contributed by atoms with Crippen molar-refractivity contribution >= 4 is 15.8 Å². The minimum absolute atomic E-state index is 0.0781. The zero-order valence-corrected chi connectivity index (χ0v) is 13.5. The van der Waals surface area contributed by atoms with Crippen molar-refractivity contribution in [1.29, 1.82) is 0 Å². The molecule has 1 aromatic carbocycles. The predicted molar refractivity (Wildman–Crippen MR) is 81.9 cm³/mol.